The molecule has 1 aliphatic heterocycles. The molecule has 0 fully saturated rings. The fourth-order valence-electron chi connectivity index (χ4n) is 3.49. The SMILES string of the molecule is CC(C)C(NC(=O)OCC(C)(C)C)C(=O)NC1CCCCc2[nH]ncc2CCNC(=O)C1=O. The van der Waals surface area contributed by atoms with E-state index in [4.69, 9.17) is 4.74 Å². The summed E-state index contributed by atoms with van der Waals surface area (Å²) in [5, 5.41) is 14.9. The maximum Gasteiger partial charge on any atom is 0.407 e. The molecule has 2 rings (SSSR count). The Bertz CT molecular complexity index is 843. The van der Waals surface area contributed by atoms with Crippen molar-refractivity contribution >= 4 is 23.7 Å². The number of fused-ring (bicyclic) bond motifs is 1. The van der Waals surface area contributed by atoms with Gasteiger partial charge in [0.05, 0.1) is 18.8 Å². The van der Waals surface area contributed by atoms with Crippen LogP contribution in [-0.2, 0) is 32.0 Å². The zero-order chi connectivity index (χ0) is 24.6. The molecule has 0 spiro atoms. The minimum absolute atomic E-state index is 0.199. The summed E-state index contributed by atoms with van der Waals surface area (Å²) in [6.07, 6.45) is 4.12. The van der Waals surface area contributed by atoms with E-state index in [1.807, 2.05) is 20.8 Å². The number of hydrogen-bond donors (Lipinski definition) is 4. The van der Waals surface area contributed by atoms with E-state index >= 15 is 0 Å². The number of aromatic amines is 1. The number of Topliss-reactive ketones (excluding diaryl/α,β-unsaturated/α-hetero) is 1. The first-order valence-corrected chi connectivity index (χ1v) is 11.5. The van der Waals surface area contributed by atoms with Gasteiger partial charge in [-0.15, -0.1) is 0 Å². The lowest BCUT2D eigenvalue weighted by Gasteiger charge is -2.25. The van der Waals surface area contributed by atoms with E-state index in [-0.39, 0.29) is 17.9 Å². The molecule has 0 bridgehead atoms. The van der Waals surface area contributed by atoms with Gasteiger partial charge in [0.2, 0.25) is 11.7 Å². The van der Waals surface area contributed by atoms with Crippen LogP contribution in [0.1, 0.15) is 65.1 Å². The zero-order valence-electron chi connectivity index (χ0n) is 20.2. The Balaban J connectivity index is 2.04. The highest BCUT2D eigenvalue weighted by molar-refractivity contribution is 6.38. The Kier molecular flexibility index (Phi) is 9.43. The predicted molar refractivity (Wildman–Crippen MR) is 122 cm³/mol. The van der Waals surface area contributed by atoms with Crippen molar-refractivity contribution in [1.82, 2.24) is 26.1 Å². The van der Waals surface area contributed by atoms with E-state index < -0.39 is 35.8 Å². The smallest absolute Gasteiger partial charge is 0.407 e. The fourth-order valence-corrected chi connectivity index (χ4v) is 3.49. The summed E-state index contributed by atoms with van der Waals surface area (Å²) < 4.78 is 5.21. The normalized spacial score (nSPS) is 18.9. The first-order chi connectivity index (χ1) is 15.5. The predicted octanol–water partition coefficient (Wildman–Crippen LogP) is 1.65. The minimum Gasteiger partial charge on any atom is -0.449 e. The van der Waals surface area contributed by atoms with Gasteiger partial charge in [0, 0.05) is 12.2 Å². The molecular weight excluding hydrogens is 426 g/mol. The zero-order valence-corrected chi connectivity index (χ0v) is 20.2. The van der Waals surface area contributed by atoms with Crippen LogP contribution in [-0.4, -0.2) is 59.1 Å². The molecule has 0 saturated heterocycles. The summed E-state index contributed by atoms with van der Waals surface area (Å²) in [7, 11) is 0. The molecule has 1 aromatic rings. The van der Waals surface area contributed by atoms with Crippen molar-refractivity contribution in [1.29, 1.82) is 0 Å². The summed E-state index contributed by atoms with van der Waals surface area (Å²) >= 11 is 0. The van der Waals surface area contributed by atoms with Crippen molar-refractivity contribution in [2.24, 2.45) is 11.3 Å². The lowest BCUT2D eigenvalue weighted by Crippen LogP contribution is -2.55. The molecule has 1 aliphatic rings. The topological polar surface area (TPSA) is 142 Å². The fraction of sp³-hybridized carbons (Fsp3) is 0.696. The van der Waals surface area contributed by atoms with Crippen LogP contribution in [0.3, 0.4) is 0 Å². The van der Waals surface area contributed by atoms with E-state index in [9.17, 15) is 19.2 Å². The first-order valence-electron chi connectivity index (χ1n) is 11.5. The van der Waals surface area contributed by atoms with Crippen LogP contribution in [0.2, 0.25) is 0 Å². The minimum atomic E-state index is -0.966. The highest BCUT2D eigenvalue weighted by Gasteiger charge is 2.32. The Hall–Kier alpha value is -2.91. The Labute approximate surface area is 195 Å². The van der Waals surface area contributed by atoms with E-state index in [1.54, 1.807) is 20.0 Å². The van der Waals surface area contributed by atoms with Crippen LogP contribution in [0.5, 0.6) is 0 Å². The van der Waals surface area contributed by atoms with Crippen LogP contribution in [0.15, 0.2) is 6.20 Å². The van der Waals surface area contributed by atoms with Gasteiger partial charge in [-0.3, -0.25) is 19.5 Å². The van der Waals surface area contributed by atoms with E-state index in [1.165, 1.54) is 0 Å². The highest BCUT2D eigenvalue weighted by Crippen LogP contribution is 2.14. The lowest BCUT2D eigenvalue weighted by molar-refractivity contribution is -0.140. The van der Waals surface area contributed by atoms with Gasteiger partial charge in [-0.25, -0.2) is 4.79 Å². The lowest BCUT2D eigenvalue weighted by atomic mass is 9.98. The second kappa shape index (κ2) is 11.8. The van der Waals surface area contributed by atoms with Crippen LogP contribution in [0.25, 0.3) is 0 Å². The molecule has 3 amide bonds. The molecule has 184 valence electrons. The number of rotatable bonds is 5. The molecule has 0 radical (unpaired) electrons. The summed E-state index contributed by atoms with van der Waals surface area (Å²) in [6, 6.07) is -1.87. The van der Waals surface area contributed by atoms with Crippen molar-refractivity contribution in [3.63, 3.8) is 0 Å². The number of ketones is 1. The molecule has 33 heavy (non-hydrogen) atoms. The third kappa shape index (κ3) is 8.51. The number of aryl methyl sites for hydroxylation is 1. The largest absolute Gasteiger partial charge is 0.449 e. The van der Waals surface area contributed by atoms with Crippen molar-refractivity contribution < 1.29 is 23.9 Å². The van der Waals surface area contributed by atoms with Gasteiger partial charge in [-0.2, -0.15) is 5.10 Å². The van der Waals surface area contributed by atoms with Crippen LogP contribution in [0, 0.1) is 11.3 Å². The number of alkyl carbamates (subject to hydrolysis) is 1. The van der Waals surface area contributed by atoms with Gasteiger partial charge in [-0.05, 0) is 42.6 Å². The van der Waals surface area contributed by atoms with Gasteiger partial charge < -0.3 is 20.7 Å². The Morgan fingerprint density at radius 1 is 1.21 bits per heavy atom. The van der Waals surface area contributed by atoms with Gasteiger partial charge in [0.15, 0.2) is 0 Å². The third-order valence-electron chi connectivity index (χ3n) is 5.37. The second-order valence-electron chi connectivity index (χ2n) is 10.1. The van der Waals surface area contributed by atoms with Crippen LogP contribution in [0.4, 0.5) is 4.79 Å². The van der Waals surface area contributed by atoms with Crippen LogP contribution >= 0.6 is 0 Å². The van der Waals surface area contributed by atoms with E-state index in [0.717, 1.165) is 24.1 Å². The number of hydrogen-bond acceptors (Lipinski definition) is 6. The molecule has 0 aromatic carbocycles. The third-order valence-corrected chi connectivity index (χ3v) is 5.37. The number of nitrogens with one attached hydrogen (secondary N) is 4. The van der Waals surface area contributed by atoms with Crippen molar-refractivity contribution in [2.45, 2.75) is 78.8 Å². The van der Waals surface area contributed by atoms with Crippen LogP contribution < -0.4 is 16.0 Å². The molecular formula is C23H37N5O5. The monoisotopic (exact) mass is 463 g/mol. The highest BCUT2D eigenvalue weighted by atomic mass is 16.5. The summed E-state index contributed by atoms with van der Waals surface area (Å²) in [5.74, 6) is -2.19. The average molecular weight is 464 g/mol. The van der Waals surface area contributed by atoms with Gasteiger partial charge in [-0.1, -0.05) is 41.0 Å². The summed E-state index contributed by atoms with van der Waals surface area (Å²) in [5.41, 5.74) is 1.84. The molecule has 2 unspecified atom stereocenters. The van der Waals surface area contributed by atoms with Crippen molar-refractivity contribution in [3.05, 3.63) is 17.5 Å². The molecule has 4 N–H and O–H groups in total. The molecule has 0 saturated carbocycles. The number of nitrogens with zero attached hydrogens (tertiary/aromatic N) is 1. The number of carbonyl (C=O) groups excluding carboxylic acids is 4. The summed E-state index contributed by atoms with van der Waals surface area (Å²) in [4.78, 5) is 50.3. The van der Waals surface area contributed by atoms with E-state index in [0.29, 0.717) is 25.8 Å². The van der Waals surface area contributed by atoms with Gasteiger partial charge >= 0.3 is 6.09 Å². The molecule has 10 nitrogen and oxygen atoms in total. The maximum absolute atomic E-state index is 13.0. The molecule has 0 aliphatic carbocycles. The molecule has 10 heteroatoms. The summed E-state index contributed by atoms with van der Waals surface area (Å²) in [6.45, 7) is 9.86. The Morgan fingerprint density at radius 2 is 1.94 bits per heavy atom. The average Bonchev–Trinajstić information content (AvgIpc) is 3.17. The van der Waals surface area contributed by atoms with Gasteiger partial charge in [0.1, 0.15) is 6.04 Å². The number of amides is 3. The molecule has 2 heterocycles. The number of aromatic nitrogens is 2. The van der Waals surface area contributed by atoms with Gasteiger partial charge in [0.25, 0.3) is 5.91 Å². The number of carbonyl (C=O) groups is 4. The van der Waals surface area contributed by atoms with E-state index in [2.05, 4.69) is 26.1 Å². The standard InChI is InChI=1S/C23H37N5O5/c1-14(2)18(27-22(32)33-13-23(3,4)5)20(30)26-17-9-7-6-8-16-15(12-25-28-16)10-11-24-21(31)19(17)29/h12,14,17-18H,6-11,13H2,1-5H3,(H,24,31)(H,25,28)(H,26,30)(H,27,32). The maximum atomic E-state index is 13.0. The second-order valence-corrected chi connectivity index (χ2v) is 10.1. The number of H-pyrrole nitrogens is 1. The van der Waals surface area contributed by atoms with Crippen molar-refractivity contribution in [3.8, 4) is 0 Å². The molecule has 1 aromatic heterocycles. The number of ether oxygens (including phenoxy) is 1. The molecule has 2 atom stereocenters. The Morgan fingerprint density at radius 3 is 2.61 bits per heavy atom. The quantitative estimate of drug-likeness (QED) is 0.489. The first kappa shape index (κ1) is 26.3. The van der Waals surface area contributed by atoms with Crippen molar-refractivity contribution in [2.75, 3.05) is 13.2 Å².